The maximum Gasteiger partial charge on any atom is 0.338 e. The van der Waals surface area contributed by atoms with Crippen LogP contribution in [0.15, 0.2) is 39.3 Å². The molecule has 0 bridgehead atoms. The van der Waals surface area contributed by atoms with Crippen LogP contribution < -0.4 is 10.1 Å². The monoisotopic (exact) mass is 507 g/mol. The normalized spacial score (nSPS) is 11.9. The minimum absolute atomic E-state index is 0.219. The summed E-state index contributed by atoms with van der Waals surface area (Å²) < 4.78 is 20.5. The van der Waals surface area contributed by atoms with Gasteiger partial charge in [0.2, 0.25) is 6.17 Å². The fourth-order valence-corrected chi connectivity index (χ4v) is 4.09. The first kappa shape index (κ1) is 21.0. The minimum Gasteiger partial charge on any atom is -0.486 e. The van der Waals surface area contributed by atoms with Gasteiger partial charge >= 0.3 is 5.97 Å². The van der Waals surface area contributed by atoms with Crippen molar-refractivity contribution in [2.24, 2.45) is 0 Å². The molecule has 0 aromatic heterocycles. The van der Waals surface area contributed by atoms with Crippen LogP contribution in [0.1, 0.15) is 18.1 Å². The molecule has 0 saturated heterocycles. The zero-order valence-corrected chi connectivity index (χ0v) is 17.8. The molecule has 1 atom stereocenters. The first-order chi connectivity index (χ1) is 12.3. The summed E-state index contributed by atoms with van der Waals surface area (Å²) in [5.41, 5.74) is 2.20. The van der Waals surface area contributed by atoms with Gasteiger partial charge in [-0.25, -0.2) is 9.18 Å². The topological polar surface area (TPSA) is 58.6 Å². The Morgan fingerprint density at radius 3 is 2.58 bits per heavy atom. The van der Waals surface area contributed by atoms with Gasteiger partial charge in [0, 0.05) is 18.5 Å². The van der Waals surface area contributed by atoms with E-state index in [9.17, 15) is 9.18 Å². The summed E-state index contributed by atoms with van der Waals surface area (Å²) >= 11 is 13.2. The van der Waals surface area contributed by atoms with Crippen molar-refractivity contribution in [1.29, 1.82) is 0 Å². The third-order valence-corrected chi connectivity index (χ3v) is 5.18. The predicted octanol–water partition coefficient (Wildman–Crippen LogP) is 5.84. The van der Waals surface area contributed by atoms with E-state index in [2.05, 4.69) is 37.2 Å². The molecule has 0 saturated carbocycles. The summed E-state index contributed by atoms with van der Waals surface area (Å²) in [7, 11) is 0. The molecule has 1 unspecified atom stereocenters. The molecule has 0 aliphatic rings. The zero-order chi connectivity index (χ0) is 19.3. The van der Waals surface area contributed by atoms with Gasteiger partial charge in [-0.3, -0.25) is 0 Å². The summed E-state index contributed by atoms with van der Waals surface area (Å²) in [6, 6.07) is 8.95. The fourth-order valence-electron chi connectivity index (χ4n) is 2.33. The molecule has 0 radical (unpaired) electrons. The standard InChI is InChI=1S/C18H17Br2ClFNO3/c1-2-23-15-5-3-4-11(16(15)21)9-26-17-12(19)6-10(7-13(17)20)8-14(22)18(24)25/h3-7,14,23H,2,8-9H2,1H3,(H,24,25). The summed E-state index contributed by atoms with van der Waals surface area (Å²) in [6.45, 7) is 2.99. The van der Waals surface area contributed by atoms with Gasteiger partial charge in [0.25, 0.3) is 0 Å². The molecule has 4 nitrogen and oxygen atoms in total. The molecule has 2 rings (SSSR count). The smallest absolute Gasteiger partial charge is 0.338 e. The Labute approximate surface area is 173 Å². The van der Waals surface area contributed by atoms with Gasteiger partial charge < -0.3 is 15.2 Å². The lowest BCUT2D eigenvalue weighted by Crippen LogP contribution is -2.17. The molecule has 0 aliphatic heterocycles. The van der Waals surface area contributed by atoms with Gasteiger partial charge in [-0.15, -0.1) is 0 Å². The van der Waals surface area contributed by atoms with Crippen molar-refractivity contribution >= 4 is 55.1 Å². The van der Waals surface area contributed by atoms with Crippen LogP contribution in [0.3, 0.4) is 0 Å². The van der Waals surface area contributed by atoms with E-state index in [1.807, 2.05) is 25.1 Å². The lowest BCUT2D eigenvalue weighted by atomic mass is 10.1. The van der Waals surface area contributed by atoms with Crippen LogP contribution in [0.4, 0.5) is 10.1 Å². The van der Waals surface area contributed by atoms with Gasteiger partial charge in [0.05, 0.1) is 19.7 Å². The average Bonchev–Trinajstić information content (AvgIpc) is 2.57. The number of nitrogens with one attached hydrogen (secondary N) is 1. The van der Waals surface area contributed by atoms with Crippen LogP contribution in [-0.4, -0.2) is 23.8 Å². The number of halogens is 4. The number of aliphatic carboxylic acids is 1. The van der Waals surface area contributed by atoms with Crippen molar-refractivity contribution in [3.8, 4) is 5.75 Å². The number of carboxylic acids is 1. The first-order valence-corrected chi connectivity index (χ1v) is 9.78. The second-order valence-corrected chi connectivity index (χ2v) is 7.58. The Kier molecular flexibility index (Phi) is 7.73. The lowest BCUT2D eigenvalue weighted by molar-refractivity contribution is -0.142. The number of carboxylic acid groups (broad SMARTS) is 1. The second kappa shape index (κ2) is 9.58. The Morgan fingerprint density at radius 2 is 2.00 bits per heavy atom. The minimum atomic E-state index is -1.95. The van der Waals surface area contributed by atoms with Crippen molar-refractivity contribution < 1.29 is 19.0 Å². The molecule has 26 heavy (non-hydrogen) atoms. The number of ether oxygens (including phenoxy) is 1. The average molecular weight is 510 g/mol. The summed E-state index contributed by atoms with van der Waals surface area (Å²) in [6.07, 6.45) is -2.17. The van der Waals surface area contributed by atoms with Gasteiger partial charge in [0.15, 0.2) is 0 Å². The molecule has 8 heteroatoms. The van der Waals surface area contributed by atoms with Gasteiger partial charge in [-0.1, -0.05) is 23.7 Å². The van der Waals surface area contributed by atoms with Crippen LogP contribution in [-0.2, 0) is 17.8 Å². The predicted molar refractivity (Wildman–Crippen MR) is 108 cm³/mol. The molecule has 0 aliphatic carbocycles. The van der Waals surface area contributed by atoms with Crippen LogP contribution in [0.25, 0.3) is 0 Å². The number of hydrogen-bond donors (Lipinski definition) is 2. The molecule has 140 valence electrons. The van der Waals surface area contributed by atoms with E-state index >= 15 is 0 Å². The molecule has 2 N–H and O–H groups in total. The van der Waals surface area contributed by atoms with Crippen LogP contribution in [0.5, 0.6) is 5.75 Å². The van der Waals surface area contributed by atoms with Gasteiger partial charge in [-0.2, -0.15) is 0 Å². The largest absolute Gasteiger partial charge is 0.486 e. The number of hydrogen-bond acceptors (Lipinski definition) is 3. The van der Waals surface area contributed by atoms with E-state index in [-0.39, 0.29) is 13.0 Å². The highest BCUT2D eigenvalue weighted by Gasteiger charge is 2.18. The van der Waals surface area contributed by atoms with Crippen molar-refractivity contribution in [1.82, 2.24) is 0 Å². The van der Waals surface area contributed by atoms with E-state index in [0.29, 0.717) is 25.3 Å². The maximum atomic E-state index is 13.4. The lowest BCUT2D eigenvalue weighted by Gasteiger charge is -2.15. The third kappa shape index (κ3) is 5.34. The maximum absolute atomic E-state index is 13.4. The Balaban J connectivity index is 2.15. The number of rotatable bonds is 8. The molecule has 2 aromatic carbocycles. The Hall–Kier alpha value is -1.31. The molecule has 0 amide bonds. The molecule has 0 heterocycles. The van der Waals surface area contributed by atoms with Gasteiger partial charge in [-0.05, 0) is 62.5 Å². The van der Waals surface area contributed by atoms with E-state index in [1.54, 1.807) is 12.1 Å². The summed E-state index contributed by atoms with van der Waals surface area (Å²) in [4.78, 5) is 10.7. The summed E-state index contributed by atoms with van der Waals surface area (Å²) in [5.74, 6) is -0.947. The van der Waals surface area contributed by atoms with E-state index in [4.69, 9.17) is 21.4 Å². The zero-order valence-electron chi connectivity index (χ0n) is 13.9. The van der Waals surface area contributed by atoms with Crippen LogP contribution in [0.2, 0.25) is 5.02 Å². The second-order valence-electron chi connectivity index (χ2n) is 5.50. The number of carbonyl (C=O) groups is 1. The Morgan fingerprint density at radius 1 is 1.35 bits per heavy atom. The van der Waals surface area contributed by atoms with E-state index < -0.39 is 12.1 Å². The van der Waals surface area contributed by atoms with Crippen molar-refractivity contribution in [2.45, 2.75) is 26.1 Å². The molecule has 0 fully saturated rings. The van der Waals surface area contributed by atoms with Gasteiger partial charge in [0.1, 0.15) is 12.4 Å². The van der Waals surface area contributed by atoms with Crippen molar-refractivity contribution in [3.05, 3.63) is 55.4 Å². The SMILES string of the molecule is CCNc1cccc(COc2c(Br)cc(CC(F)C(=O)O)cc2Br)c1Cl. The number of benzene rings is 2. The molecular weight excluding hydrogens is 492 g/mol. The fraction of sp³-hybridized carbons (Fsp3) is 0.278. The highest BCUT2D eigenvalue weighted by molar-refractivity contribution is 9.11. The molecule has 0 spiro atoms. The highest BCUT2D eigenvalue weighted by atomic mass is 79.9. The third-order valence-electron chi connectivity index (χ3n) is 3.56. The van der Waals surface area contributed by atoms with E-state index in [0.717, 1.165) is 17.8 Å². The molecular formula is C18H17Br2ClFNO3. The quantitative estimate of drug-likeness (QED) is 0.469. The number of alkyl halides is 1. The number of anilines is 1. The molecule has 2 aromatic rings. The van der Waals surface area contributed by atoms with Crippen molar-refractivity contribution in [3.63, 3.8) is 0 Å². The van der Waals surface area contributed by atoms with Crippen LogP contribution in [0, 0.1) is 0 Å². The van der Waals surface area contributed by atoms with E-state index in [1.165, 1.54) is 0 Å². The first-order valence-electron chi connectivity index (χ1n) is 7.82. The summed E-state index contributed by atoms with van der Waals surface area (Å²) in [5, 5.41) is 12.5. The van der Waals surface area contributed by atoms with Crippen molar-refractivity contribution in [2.75, 3.05) is 11.9 Å². The Bertz CT molecular complexity index is 781. The van der Waals surface area contributed by atoms with Crippen LogP contribution >= 0.6 is 43.5 Å². The highest BCUT2D eigenvalue weighted by Crippen LogP contribution is 2.36.